The monoisotopic (exact) mass is 321 g/mol. The van der Waals surface area contributed by atoms with Gasteiger partial charge in [-0.25, -0.2) is 0 Å². The molecule has 2 aromatic carbocycles. The number of ether oxygens (including phenoxy) is 2. The van der Waals surface area contributed by atoms with E-state index in [1.54, 1.807) is 14.2 Å². The van der Waals surface area contributed by atoms with Crippen LogP contribution in [0.3, 0.4) is 0 Å². The molecule has 1 N–H and O–H groups in total. The number of aryl methyl sites for hydroxylation is 2. The highest BCUT2D eigenvalue weighted by molar-refractivity contribution is 5.85. The maximum atomic E-state index is 5.35. The molecule has 2 rings (SSSR count). The summed E-state index contributed by atoms with van der Waals surface area (Å²) in [6.45, 7) is 5.19. The second-order valence-corrected chi connectivity index (χ2v) is 5.22. The van der Waals surface area contributed by atoms with Crippen LogP contribution in [0.5, 0.6) is 11.5 Å². The van der Waals surface area contributed by atoms with Crippen molar-refractivity contribution in [2.24, 2.45) is 0 Å². The van der Waals surface area contributed by atoms with Crippen LogP contribution in [0.15, 0.2) is 30.3 Å². The molecule has 2 aromatic rings. The van der Waals surface area contributed by atoms with Crippen LogP contribution in [0, 0.1) is 13.8 Å². The Bertz CT molecular complexity index is 596. The van der Waals surface area contributed by atoms with Crippen molar-refractivity contribution in [3.63, 3.8) is 0 Å². The third-order valence-corrected chi connectivity index (χ3v) is 3.73. The number of hydrogen-bond donors (Lipinski definition) is 1. The average Bonchev–Trinajstić information content (AvgIpc) is 2.50. The fraction of sp³-hybridized carbons (Fsp3) is 0.333. The number of rotatable bonds is 5. The number of methoxy groups -OCH3 is 2. The summed E-state index contributed by atoms with van der Waals surface area (Å²) in [5, 5.41) is 3.22. The summed E-state index contributed by atoms with van der Waals surface area (Å²) in [7, 11) is 5.32. The van der Waals surface area contributed by atoms with Gasteiger partial charge in [0.1, 0.15) is 11.5 Å². The minimum absolute atomic E-state index is 0. The Hall–Kier alpha value is -1.71. The van der Waals surface area contributed by atoms with Gasteiger partial charge in [0.2, 0.25) is 0 Å². The molecule has 0 radical (unpaired) electrons. The smallest absolute Gasteiger partial charge is 0.123 e. The fourth-order valence-corrected chi connectivity index (χ4v) is 2.59. The Morgan fingerprint density at radius 2 is 1.27 bits per heavy atom. The van der Waals surface area contributed by atoms with E-state index in [9.17, 15) is 0 Å². The van der Waals surface area contributed by atoms with Crippen LogP contribution in [-0.4, -0.2) is 21.3 Å². The first-order chi connectivity index (χ1) is 10.1. The maximum Gasteiger partial charge on any atom is 0.123 e. The van der Waals surface area contributed by atoms with Crippen molar-refractivity contribution in [2.75, 3.05) is 21.3 Å². The minimum Gasteiger partial charge on any atom is -0.497 e. The van der Waals surface area contributed by atoms with Gasteiger partial charge >= 0.3 is 0 Å². The average molecular weight is 322 g/mol. The van der Waals surface area contributed by atoms with Crippen LogP contribution in [-0.2, 0) is 6.54 Å². The van der Waals surface area contributed by atoms with Crippen molar-refractivity contribution in [2.45, 2.75) is 20.4 Å². The summed E-state index contributed by atoms with van der Waals surface area (Å²) in [5.41, 5.74) is 6.23. The fourth-order valence-electron chi connectivity index (χ4n) is 2.59. The third-order valence-electron chi connectivity index (χ3n) is 3.73. The van der Waals surface area contributed by atoms with Gasteiger partial charge in [-0.15, -0.1) is 12.4 Å². The minimum atomic E-state index is 0. The predicted molar refractivity (Wildman–Crippen MR) is 94.5 cm³/mol. The molecule has 0 atom stereocenters. The van der Waals surface area contributed by atoms with E-state index in [1.165, 1.54) is 22.3 Å². The summed E-state index contributed by atoms with van der Waals surface area (Å²) < 4.78 is 10.7. The molecule has 0 heterocycles. The number of benzene rings is 2. The van der Waals surface area contributed by atoms with E-state index in [-0.39, 0.29) is 12.4 Å². The van der Waals surface area contributed by atoms with Gasteiger partial charge in [-0.3, -0.25) is 0 Å². The topological polar surface area (TPSA) is 30.5 Å². The van der Waals surface area contributed by atoms with Crippen molar-refractivity contribution in [3.8, 4) is 22.6 Å². The van der Waals surface area contributed by atoms with Gasteiger partial charge in [0.05, 0.1) is 14.2 Å². The molecule has 0 aliphatic heterocycles. The van der Waals surface area contributed by atoms with Crippen molar-refractivity contribution >= 4 is 12.4 Å². The Morgan fingerprint density at radius 1 is 0.818 bits per heavy atom. The Morgan fingerprint density at radius 3 is 1.68 bits per heavy atom. The molecule has 0 aliphatic carbocycles. The summed E-state index contributed by atoms with van der Waals surface area (Å²) >= 11 is 0. The highest BCUT2D eigenvalue weighted by Crippen LogP contribution is 2.31. The highest BCUT2D eigenvalue weighted by atomic mass is 35.5. The molecule has 0 amide bonds. The Balaban J connectivity index is 0.00000242. The first-order valence-electron chi connectivity index (χ1n) is 7.07. The van der Waals surface area contributed by atoms with Crippen molar-refractivity contribution in [3.05, 3.63) is 47.0 Å². The zero-order valence-corrected chi connectivity index (χ0v) is 14.6. The second-order valence-electron chi connectivity index (χ2n) is 5.22. The summed E-state index contributed by atoms with van der Waals surface area (Å²) in [5.74, 6) is 1.61. The molecule has 0 bridgehead atoms. The van der Waals surface area contributed by atoms with Crippen LogP contribution in [0.4, 0.5) is 0 Å². The van der Waals surface area contributed by atoms with Crippen molar-refractivity contribution in [1.82, 2.24) is 5.32 Å². The quantitative estimate of drug-likeness (QED) is 0.898. The van der Waals surface area contributed by atoms with E-state index in [4.69, 9.17) is 9.47 Å². The van der Waals surface area contributed by atoms with Gasteiger partial charge in [0.25, 0.3) is 0 Å². The van der Waals surface area contributed by atoms with Crippen LogP contribution >= 0.6 is 12.4 Å². The van der Waals surface area contributed by atoms with Crippen LogP contribution in [0.1, 0.15) is 16.7 Å². The third kappa shape index (κ3) is 3.93. The van der Waals surface area contributed by atoms with E-state index in [1.807, 2.05) is 25.2 Å². The second kappa shape index (κ2) is 8.06. The molecule has 22 heavy (non-hydrogen) atoms. The number of halogens is 1. The molecule has 4 heteroatoms. The van der Waals surface area contributed by atoms with Gasteiger partial charge in [0, 0.05) is 12.6 Å². The maximum absolute atomic E-state index is 5.35. The Labute approximate surface area is 139 Å². The zero-order valence-electron chi connectivity index (χ0n) is 13.8. The molecular weight excluding hydrogens is 298 g/mol. The predicted octanol–water partition coefficient (Wildman–Crippen LogP) is 4.13. The lowest BCUT2D eigenvalue weighted by molar-refractivity contribution is 0.394. The van der Waals surface area contributed by atoms with Crippen molar-refractivity contribution < 1.29 is 9.47 Å². The van der Waals surface area contributed by atoms with Gasteiger partial charge < -0.3 is 14.8 Å². The molecule has 0 saturated carbocycles. The lowest BCUT2D eigenvalue weighted by Gasteiger charge is -2.14. The normalized spacial score (nSPS) is 10.0. The van der Waals surface area contributed by atoms with Gasteiger partial charge in [-0.05, 0) is 60.8 Å². The first-order valence-corrected chi connectivity index (χ1v) is 7.07. The summed E-state index contributed by atoms with van der Waals surface area (Å²) in [4.78, 5) is 0. The molecular formula is C18H24ClNO2. The largest absolute Gasteiger partial charge is 0.497 e. The van der Waals surface area contributed by atoms with Crippen LogP contribution in [0.25, 0.3) is 11.1 Å². The van der Waals surface area contributed by atoms with Crippen LogP contribution < -0.4 is 14.8 Å². The van der Waals surface area contributed by atoms with E-state index < -0.39 is 0 Å². The molecule has 0 unspecified atom stereocenters. The highest BCUT2D eigenvalue weighted by Gasteiger charge is 2.08. The number of hydrogen-bond acceptors (Lipinski definition) is 3. The summed E-state index contributed by atoms with van der Waals surface area (Å²) in [6, 6.07) is 10.4. The lowest BCUT2D eigenvalue weighted by Crippen LogP contribution is -2.08. The number of nitrogens with one attached hydrogen (secondary N) is 1. The first kappa shape index (κ1) is 18.3. The van der Waals surface area contributed by atoms with E-state index >= 15 is 0 Å². The zero-order chi connectivity index (χ0) is 15.4. The lowest BCUT2D eigenvalue weighted by atomic mass is 9.95. The molecule has 0 aliphatic rings. The van der Waals surface area contributed by atoms with Crippen molar-refractivity contribution in [1.29, 1.82) is 0 Å². The molecule has 120 valence electrons. The van der Waals surface area contributed by atoms with Gasteiger partial charge in [0.15, 0.2) is 0 Å². The van der Waals surface area contributed by atoms with Crippen LogP contribution in [0.2, 0.25) is 0 Å². The van der Waals surface area contributed by atoms with E-state index in [0.29, 0.717) is 0 Å². The SMILES string of the molecule is CNCc1c(C)cc(-c2cc(OC)cc(OC)c2)cc1C.Cl. The molecule has 0 aromatic heterocycles. The molecule has 0 fully saturated rings. The molecule has 0 saturated heterocycles. The van der Waals surface area contributed by atoms with E-state index in [2.05, 4.69) is 31.3 Å². The Kier molecular flexibility index (Phi) is 6.72. The standard InChI is InChI=1S/C18H23NO2.ClH/c1-12-6-14(7-13(2)18(12)11-19-3)15-8-16(20-4)10-17(9-15)21-5;/h6-10,19H,11H2,1-5H3;1H. The molecule has 0 spiro atoms. The van der Waals surface area contributed by atoms with E-state index in [0.717, 1.165) is 23.6 Å². The van der Waals surface area contributed by atoms with Gasteiger partial charge in [-0.1, -0.05) is 12.1 Å². The molecule has 3 nitrogen and oxygen atoms in total. The van der Waals surface area contributed by atoms with Gasteiger partial charge in [-0.2, -0.15) is 0 Å². The summed E-state index contributed by atoms with van der Waals surface area (Å²) in [6.07, 6.45) is 0.